The molecule has 0 heterocycles. The third-order valence-electron chi connectivity index (χ3n) is 2.96. The van der Waals surface area contributed by atoms with Crippen LogP contribution in [0.2, 0.25) is 0 Å². The first-order valence-corrected chi connectivity index (χ1v) is 8.61. The number of allylic oxidation sites excluding steroid dienone is 8. The summed E-state index contributed by atoms with van der Waals surface area (Å²) in [5, 5.41) is 0. The second kappa shape index (κ2) is 18.2. The van der Waals surface area contributed by atoms with Crippen LogP contribution in [0.3, 0.4) is 0 Å². The molecule has 0 saturated heterocycles. The van der Waals surface area contributed by atoms with E-state index >= 15 is 0 Å². The first kappa shape index (κ1) is 19.2. The zero-order valence-electron chi connectivity index (χ0n) is 13.1. The molecule has 0 aromatic carbocycles. The lowest BCUT2D eigenvalue weighted by atomic mass is 10.2. The van der Waals surface area contributed by atoms with Crippen molar-refractivity contribution in [2.45, 2.75) is 64.7 Å². The summed E-state index contributed by atoms with van der Waals surface area (Å²) >= 11 is 5.61. The van der Waals surface area contributed by atoms with Gasteiger partial charge in [0.2, 0.25) is 0 Å². The van der Waals surface area contributed by atoms with Gasteiger partial charge in [0, 0.05) is 5.88 Å². The molecule has 114 valence electrons. The molecule has 0 N–H and O–H groups in total. The quantitative estimate of drug-likeness (QED) is 0.195. The minimum atomic E-state index is 0.762. The van der Waals surface area contributed by atoms with Gasteiger partial charge < -0.3 is 0 Å². The van der Waals surface area contributed by atoms with Gasteiger partial charge in [-0.05, 0) is 44.9 Å². The number of halogens is 1. The van der Waals surface area contributed by atoms with Gasteiger partial charge in [0.15, 0.2) is 0 Å². The number of rotatable bonds is 13. The van der Waals surface area contributed by atoms with Gasteiger partial charge in [0.1, 0.15) is 0 Å². The molecule has 0 aliphatic rings. The van der Waals surface area contributed by atoms with Crippen LogP contribution in [-0.2, 0) is 0 Å². The normalized spacial score (nSPS) is 12.7. The van der Waals surface area contributed by atoms with Crippen molar-refractivity contribution in [2.24, 2.45) is 0 Å². The van der Waals surface area contributed by atoms with Crippen LogP contribution >= 0.6 is 11.6 Å². The van der Waals surface area contributed by atoms with Crippen LogP contribution in [0.4, 0.5) is 0 Å². The fourth-order valence-corrected chi connectivity index (χ4v) is 1.91. The topological polar surface area (TPSA) is 0 Å². The van der Waals surface area contributed by atoms with Gasteiger partial charge in [-0.2, -0.15) is 0 Å². The van der Waals surface area contributed by atoms with Crippen molar-refractivity contribution < 1.29 is 0 Å². The Hall–Kier alpha value is -0.750. The number of hydrogen-bond acceptors (Lipinski definition) is 0. The van der Waals surface area contributed by atoms with Crippen molar-refractivity contribution in [3.05, 3.63) is 48.6 Å². The van der Waals surface area contributed by atoms with E-state index in [1.165, 1.54) is 25.7 Å². The third kappa shape index (κ3) is 17.2. The van der Waals surface area contributed by atoms with Crippen molar-refractivity contribution in [2.75, 3.05) is 5.88 Å². The van der Waals surface area contributed by atoms with Crippen LogP contribution in [0.15, 0.2) is 48.6 Å². The molecule has 0 unspecified atom stereocenters. The molecular formula is C19H31Cl. The molecular weight excluding hydrogens is 264 g/mol. The molecule has 0 rings (SSSR count). The Morgan fingerprint density at radius 1 is 0.600 bits per heavy atom. The second-order valence-corrected chi connectivity index (χ2v) is 5.30. The summed E-state index contributed by atoms with van der Waals surface area (Å²) < 4.78 is 0. The highest BCUT2D eigenvalue weighted by Gasteiger charge is 1.81. The summed E-state index contributed by atoms with van der Waals surface area (Å²) in [6, 6.07) is 0. The van der Waals surface area contributed by atoms with E-state index < -0.39 is 0 Å². The molecule has 1 heteroatoms. The van der Waals surface area contributed by atoms with Crippen LogP contribution in [0, 0.1) is 0 Å². The monoisotopic (exact) mass is 294 g/mol. The van der Waals surface area contributed by atoms with E-state index in [9.17, 15) is 0 Å². The van der Waals surface area contributed by atoms with Gasteiger partial charge in [-0.25, -0.2) is 0 Å². The minimum Gasteiger partial charge on any atom is -0.127 e. The lowest BCUT2D eigenvalue weighted by Gasteiger charge is -1.90. The fourth-order valence-electron chi connectivity index (χ4n) is 1.76. The SMILES string of the molecule is CCCCC/C=C\C/C=C\C/C=C\C/C=C\CCCCl. The van der Waals surface area contributed by atoms with E-state index in [1.54, 1.807) is 0 Å². The molecule has 0 atom stereocenters. The Labute approximate surface area is 131 Å². The van der Waals surface area contributed by atoms with Crippen molar-refractivity contribution >= 4 is 11.6 Å². The maximum atomic E-state index is 5.61. The maximum Gasteiger partial charge on any atom is 0.0226 e. The van der Waals surface area contributed by atoms with Crippen LogP contribution in [-0.4, -0.2) is 5.88 Å². The number of hydrogen-bond donors (Lipinski definition) is 0. The van der Waals surface area contributed by atoms with E-state index in [0.717, 1.165) is 38.0 Å². The van der Waals surface area contributed by atoms with E-state index in [2.05, 4.69) is 55.5 Å². The van der Waals surface area contributed by atoms with Crippen molar-refractivity contribution in [1.29, 1.82) is 0 Å². The van der Waals surface area contributed by atoms with Crippen molar-refractivity contribution in [3.63, 3.8) is 0 Å². The smallest absolute Gasteiger partial charge is 0.0226 e. The molecule has 0 saturated carbocycles. The molecule has 20 heavy (non-hydrogen) atoms. The van der Waals surface area contributed by atoms with Gasteiger partial charge in [0.25, 0.3) is 0 Å². The molecule has 0 bridgehead atoms. The van der Waals surface area contributed by atoms with E-state index in [0.29, 0.717) is 0 Å². The van der Waals surface area contributed by atoms with Gasteiger partial charge >= 0.3 is 0 Å². The summed E-state index contributed by atoms with van der Waals surface area (Å²) in [6.45, 7) is 2.25. The number of unbranched alkanes of at least 4 members (excludes halogenated alkanes) is 4. The standard InChI is InChI=1S/C19H31Cl/c1-2-3-4-5-6-7-8-9-10-11-12-13-14-15-16-17-18-19-20/h6-7,9-10,12-13,15-16H,2-5,8,11,14,17-19H2,1H3/b7-6-,10-9-,13-12-,16-15-. The molecule has 0 aromatic rings. The maximum absolute atomic E-state index is 5.61. The molecule has 0 spiro atoms. The third-order valence-corrected chi connectivity index (χ3v) is 3.23. The first-order chi connectivity index (χ1) is 9.91. The highest BCUT2D eigenvalue weighted by atomic mass is 35.5. The minimum absolute atomic E-state index is 0.762. The number of alkyl halides is 1. The lowest BCUT2D eigenvalue weighted by molar-refractivity contribution is 0.728. The van der Waals surface area contributed by atoms with Gasteiger partial charge in [0.05, 0.1) is 0 Å². The first-order valence-electron chi connectivity index (χ1n) is 8.07. The summed E-state index contributed by atoms with van der Waals surface area (Å²) in [6.07, 6.45) is 28.5. The summed E-state index contributed by atoms with van der Waals surface area (Å²) in [5.74, 6) is 0.762. The molecule has 0 aromatic heterocycles. The lowest BCUT2D eigenvalue weighted by Crippen LogP contribution is -1.70. The Bertz CT molecular complexity index is 284. The van der Waals surface area contributed by atoms with Crippen LogP contribution in [0.25, 0.3) is 0 Å². The predicted molar refractivity (Wildman–Crippen MR) is 94.5 cm³/mol. The molecule has 0 radical (unpaired) electrons. The summed E-state index contributed by atoms with van der Waals surface area (Å²) in [7, 11) is 0. The Kier molecular flexibility index (Phi) is 17.6. The molecule has 0 aliphatic carbocycles. The van der Waals surface area contributed by atoms with Gasteiger partial charge in [-0.3, -0.25) is 0 Å². The molecule has 0 nitrogen and oxygen atoms in total. The van der Waals surface area contributed by atoms with E-state index in [-0.39, 0.29) is 0 Å². The predicted octanol–water partition coefficient (Wildman–Crippen LogP) is 6.98. The summed E-state index contributed by atoms with van der Waals surface area (Å²) in [4.78, 5) is 0. The van der Waals surface area contributed by atoms with Crippen molar-refractivity contribution in [1.82, 2.24) is 0 Å². The van der Waals surface area contributed by atoms with Crippen LogP contribution in [0.1, 0.15) is 64.7 Å². The zero-order valence-corrected chi connectivity index (χ0v) is 13.8. The molecule has 0 amide bonds. The Morgan fingerprint density at radius 2 is 1.05 bits per heavy atom. The second-order valence-electron chi connectivity index (χ2n) is 4.92. The molecule has 0 aliphatic heterocycles. The van der Waals surface area contributed by atoms with E-state index in [1.807, 2.05) is 0 Å². The molecule has 0 fully saturated rings. The van der Waals surface area contributed by atoms with E-state index in [4.69, 9.17) is 11.6 Å². The average Bonchev–Trinajstić information content (AvgIpc) is 2.47. The Balaban J connectivity index is 3.36. The highest BCUT2D eigenvalue weighted by Crippen LogP contribution is 2.01. The largest absolute Gasteiger partial charge is 0.127 e. The fraction of sp³-hybridized carbons (Fsp3) is 0.579. The Morgan fingerprint density at radius 3 is 1.50 bits per heavy atom. The van der Waals surface area contributed by atoms with Crippen LogP contribution in [0.5, 0.6) is 0 Å². The van der Waals surface area contributed by atoms with Crippen LogP contribution < -0.4 is 0 Å². The van der Waals surface area contributed by atoms with Gasteiger partial charge in [-0.15, -0.1) is 11.6 Å². The average molecular weight is 295 g/mol. The summed E-state index contributed by atoms with van der Waals surface area (Å²) in [5.41, 5.74) is 0. The van der Waals surface area contributed by atoms with Gasteiger partial charge in [-0.1, -0.05) is 68.4 Å². The highest BCUT2D eigenvalue weighted by molar-refractivity contribution is 6.17. The zero-order chi connectivity index (χ0) is 14.7. The van der Waals surface area contributed by atoms with Crippen molar-refractivity contribution in [3.8, 4) is 0 Å².